The summed E-state index contributed by atoms with van der Waals surface area (Å²) in [4.78, 5) is 27.0. The van der Waals surface area contributed by atoms with Gasteiger partial charge >= 0.3 is 6.18 Å². The molecule has 34 heavy (non-hydrogen) atoms. The van der Waals surface area contributed by atoms with Crippen LogP contribution in [0.2, 0.25) is 0 Å². The van der Waals surface area contributed by atoms with Crippen molar-refractivity contribution in [1.29, 1.82) is 0 Å². The predicted octanol–water partition coefficient (Wildman–Crippen LogP) is 4.38. The van der Waals surface area contributed by atoms with Crippen molar-refractivity contribution in [2.24, 2.45) is 0 Å². The number of alkyl halides is 3. The summed E-state index contributed by atoms with van der Waals surface area (Å²) in [5.74, 6) is 0.498. The van der Waals surface area contributed by atoms with E-state index < -0.39 is 11.7 Å². The van der Waals surface area contributed by atoms with Gasteiger partial charge in [-0.1, -0.05) is 12.1 Å². The highest BCUT2D eigenvalue weighted by molar-refractivity contribution is 7.20. The minimum Gasteiger partial charge on any atom is -0.480 e. The van der Waals surface area contributed by atoms with Gasteiger partial charge in [0, 0.05) is 26.7 Å². The van der Waals surface area contributed by atoms with Crippen LogP contribution < -0.4 is 4.74 Å². The summed E-state index contributed by atoms with van der Waals surface area (Å²) >= 11 is 1.21. The second-order valence-electron chi connectivity index (χ2n) is 8.05. The highest BCUT2D eigenvalue weighted by atomic mass is 32.1. The van der Waals surface area contributed by atoms with Gasteiger partial charge in [0.1, 0.15) is 11.4 Å². The summed E-state index contributed by atoms with van der Waals surface area (Å²) in [6.45, 7) is 2.92. The number of ether oxygens (including phenoxy) is 2. The van der Waals surface area contributed by atoms with Crippen molar-refractivity contribution >= 4 is 27.5 Å². The smallest absolute Gasteiger partial charge is 0.416 e. The van der Waals surface area contributed by atoms with Crippen LogP contribution in [-0.2, 0) is 24.1 Å². The second-order valence-corrected chi connectivity index (χ2v) is 9.05. The Balaban J connectivity index is 2.00. The zero-order valence-electron chi connectivity index (χ0n) is 19.7. The molecule has 0 aliphatic heterocycles. The van der Waals surface area contributed by atoms with Crippen molar-refractivity contribution in [3.8, 4) is 5.88 Å². The van der Waals surface area contributed by atoms with Crippen LogP contribution in [0.1, 0.15) is 32.2 Å². The molecule has 3 aromatic rings. The SMILES string of the molecule is COCc1nc(OC)c2c(C)c(C(=O)N(CCN(C)C)Cc3cccc(C(F)(F)F)c3)sc2n1. The molecule has 11 heteroatoms. The fourth-order valence-corrected chi connectivity index (χ4v) is 4.63. The number of aromatic nitrogens is 2. The Morgan fingerprint density at radius 2 is 1.88 bits per heavy atom. The van der Waals surface area contributed by atoms with Gasteiger partial charge in [-0.3, -0.25) is 4.79 Å². The molecular weight excluding hydrogens is 469 g/mol. The molecule has 0 aliphatic carbocycles. The molecule has 1 amide bonds. The van der Waals surface area contributed by atoms with Crippen LogP contribution >= 0.6 is 11.3 Å². The number of rotatable bonds is 9. The van der Waals surface area contributed by atoms with Crippen molar-refractivity contribution in [3.05, 3.63) is 51.7 Å². The van der Waals surface area contributed by atoms with Crippen molar-refractivity contribution in [1.82, 2.24) is 19.8 Å². The lowest BCUT2D eigenvalue weighted by molar-refractivity contribution is -0.137. The fourth-order valence-electron chi connectivity index (χ4n) is 3.47. The molecule has 184 valence electrons. The van der Waals surface area contributed by atoms with Crippen molar-refractivity contribution in [2.75, 3.05) is 41.4 Å². The lowest BCUT2D eigenvalue weighted by Gasteiger charge is -2.25. The molecule has 2 aromatic heterocycles. The third-order valence-electron chi connectivity index (χ3n) is 5.20. The molecule has 2 heterocycles. The third-order valence-corrected chi connectivity index (χ3v) is 6.37. The molecule has 0 N–H and O–H groups in total. The summed E-state index contributed by atoms with van der Waals surface area (Å²) in [6.07, 6.45) is -4.45. The maximum absolute atomic E-state index is 13.6. The average molecular weight is 497 g/mol. The Bertz CT molecular complexity index is 1160. The standard InChI is InChI=1S/C23H27F3N4O3S/c1-14-18-20(33-5)27-17(13-32-4)28-21(18)34-19(14)22(31)30(10-9-29(2)3)12-15-7-6-8-16(11-15)23(24,25)26/h6-8,11H,9-10,12-13H2,1-5H3. The molecule has 3 rings (SSSR count). The van der Waals surface area contributed by atoms with Crippen LogP contribution in [0.4, 0.5) is 13.2 Å². The van der Waals surface area contributed by atoms with E-state index in [9.17, 15) is 18.0 Å². The molecule has 0 radical (unpaired) electrons. The molecule has 0 bridgehead atoms. The Kier molecular flexibility index (Phi) is 8.11. The lowest BCUT2D eigenvalue weighted by Crippen LogP contribution is -2.36. The zero-order valence-corrected chi connectivity index (χ0v) is 20.5. The van der Waals surface area contributed by atoms with Crippen molar-refractivity contribution in [3.63, 3.8) is 0 Å². The Morgan fingerprint density at radius 1 is 1.15 bits per heavy atom. The maximum Gasteiger partial charge on any atom is 0.416 e. The van der Waals surface area contributed by atoms with Gasteiger partial charge in [-0.2, -0.15) is 18.2 Å². The number of halogens is 3. The van der Waals surface area contributed by atoms with Crippen LogP contribution in [0.25, 0.3) is 10.2 Å². The number of benzene rings is 1. The number of thiophene rings is 1. The fraction of sp³-hybridized carbons (Fsp3) is 0.435. The molecule has 0 spiro atoms. The number of aryl methyl sites for hydroxylation is 1. The van der Waals surface area contributed by atoms with Crippen LogP contribution in [0, 0.1) is 6.92 Å². The topological polar surface area (TPSA) is 67.8 Å². The van der Waals surface area contributed by atoms with E-state index >= 15 is 0 Å². The van der Waals surface area contributed by atoms with Crippen LogP contribution in [0.3, 0.4) is 0 Å². The van der Waals surface area contributed by atoms with Gasteiger partial charge in [-0.15, -0.1) is 11.3 Å². The first-order valence-electron chi connectivity index (χ1n) is 10.5. The molecule has 0 saturated heterocycles. The van der Waals surface area contributed by atoms with E-state index in [4.69, 9.17) is 9.47 Å². The number of hydrogen-bond donors (Lipinski definition) is 0. The van der Waals surface area contributed by atoms with E-state index in [2.05, 4.69) is 9.97 Å². The van der Waals surface area contributed by atoms with Gasteiger partial charge in [0.15, 0.2) is 5.82 Å². The zero-order chi connectivity index (χ0) is 25.0. The first kappa shape index (κ1) is 25.9. The molecule has 7 nitrogen and oxygen atoms in total. The number of hydrogen-bond acceptors (Lipinski definition) is 7. The molecule has 1 aromatic carbocycles. The van der Waals surface area contributed by atoms with Crippen molar-refractivity contribution < 1.29 is 27.4 Å². The highest BCUT2D eigenvalue weighted by Gasteiger charge is 2.31. The number of carbonyl (C=O) groups is 1. The summed E-state index contributed by atoms with van der Waals surface area (Å²) in [5, 5.41) is 0.641. The van der Waals surface area contributed by atoms with E-state index in [1.807, 2.05) is 19.0 Å². The minimum atomic E-state index is -4.45. The predicted molar refractivity (Wildman–Crippen MR) is 124 cm³/mol. The quantitative estimate of drug-likeness (QED) is 0.438. The number of amides is 1. The van der Waals surface area contributed by atoms with Gasteiger partial charge in [0.2, 0.25) is 5.88 Å². The number of fused-ring (bicyclic) bond motifs is 1. The normalized spacial score (nSPS) is 11.9. The monoisotopic (exact) mass is 496 g/mol. The van der Waals surface area contributed by atoms with Gasteiger partial charge in [0.25, 0.3) is 5.91 Å². The van der Waals surface area contributed by atoms with Crippen LogP contribution in [-0.4, -0.2) is 67.1 Å². The van der Waals surface area contributed by atoms with Gasteiger partial charge in [0.05, 0.1) is 22.9 Å². The highest BCUT2D eigenvalue weighted by Crippen LogP contribution is 2.36. The summed E-state index contributed by atoms with van der Waals surface area (Å²) in [6, 6.07) is 5.05. The van der Waals surface area contributed by atoms with Crippen molar-refractivity contribution in [2.45, 2.75) is 26.3 Å². The number of methoxy groups -OCH3 is 2. The van der Waals surface area contributed by atoms with E-state index in [0.717, 1.165) is 12.1 Å². The molecule has 0 aliphatic rings. The molecule has 0 fully saturated rings. The summed E-state index contributed by atoms with van der Waals surface area (Å²) in [5.41, 5.74) is 0.332. The molecule has 0 saturated carbocycles. The van der Waals surface area contributed by atoms with Gasteiger partial charge < -0.3 is 19.3 Å². The third kappa shape index (κ3) is 5.83. The first-order chi connectivity index (χ1) is 16.0. The summed E-state index contributed by atoms with van der Waals surface area (Å²) in [7, 11) is 6.77. The van der Waals surface area contributed by atoms with E-state index in [0.29, 0.717) is 51.0 Å². The number of nitrogens with zero attached hydrogens (tertiary/aromatic N) is 4. The van der Waals surface area contributed by atoms with Crippen LogP contribution in [0.15, 0.2) is 24.3 Å². The molecular formula is C23H27F3N4O3S. The Labute approximate surface area is 200 Å². The molecule has 0 atom stereocenters. The number of carbonyl (C=O) groups excluding carboxylic acids is 1. The van der Waals surface area contributed by atoms with E-state index in [1.54, 1.807) is 17.9 Å². The van der Waals surface area contributed by atoms with Gasteiger partial charge in [-0.25, -0.2) is 4.98 Å². The largest absolute Gasteiger partial charge is 0.480 e. The maximum atomic E-state index is 13.6. The number of likely N-dealkylation sites (N-methyl/N-ethyl adjacent to an activating group) is 1. The van der Waals surface area contributed by atoms with E-state index in [-0.39, 0.29) is 19.1 Å². The lowest BCUT2D eigenvalue weighted by atomic mass is 10.1. The first-order valence-corrected chi connectivity index (χ1v) is 11.3. The second kappa shape index (κ2) is 10.7. The Hall–Kier alpha value is -2.76. The molecule has 0 unspecified atom stereocenters. The average Bonchev–Trinajstić information content (AvgIpc) is 3.11. The minimum absolute atomic E-state index is 0.0437. The van der Waals surface area contributed by atoms with Crippen LogP contribution in [0.5, 0.6) is 5.88 Å². The Morgan fingerprint density at radius 3 is 2.50 bits per heavy atom. The summed E-state index contributed by atoms with van der Waals surface area (Å²) < 4.78 is 50.1. The van der Waals surface area contributed by atoms with Gasteiger partial charge in [-0.05, 0) is 44.3 Å². The van der Waals surface area contributed by atoms with E-state index in [1.165, 1.54) is 31.6 Å².